The van der Waals surface area contributed by atoms with Crippen LogP contribution in [0.3, 0.4) is 0 Å². The summed E-state index contributed by atoms with van der Waals surface area (Å²) in [6.07, 6.45) is 0.254. The minimum absolute atomic E-state index is 0.128. The van der Waals surface area contributed by atoms with Gasteiger partial charge in [0, 0.05) is 5.56 Å². The summed E-state index contributed by atoms with van der Waals surface area (Å²) in [7, 11) is 0. The highest BCUT2D eigenvalue weighted by molar-refractivity contribution is 5.51. The summed E-state index contributed by atoms with van der Waals surface area (Å²) < 4.78 is 5.71. The first-order valence-electron chi connectivity index (χ1n) is 6.11. The summed E-state index contributed by atoms with van der Waals surface area (Å²) in [5.41, 5.74) is 2.37. The van der Waals surface area contributed by atoms with Gasteiger partial charge in [0.15, 0.2) is 11.5 Å². The summed E-state index contributed by atoms with van der Waals surface area (Å²) in [6.45, 7) is 0.510. The fraction of sp³-hybridized carbons (Fsp3) is 0.200. The molecule has 4 heteroatoms. The van der Waals surface area contributed by atoms with Crippen LogP contribution in [0.4, 0.5) is 0 Å². The quantitative estimate of drug-likeness (QED) is 0.687. The van der Waals surface area contributed by atoms with Crippen LogP contribution < -0.4 is 0 Å². The molecule has 98 valence electrons. The Bertz CT molecular complexity index is 622. The Morgan fingerprint density at radius 1 is 0.895 bits per heavy atom. The molecule has 3 rings (SSSR count). The van der Waals surface area contributed by atoms with Crippen molar-refractivity contribution in [2.24, 2.45) is 0 Å². The van der Waals surface area contributed by atoms with E-state index in [0.717, 1.165) is 11.1 Å². The van der Waals surface area contributed by atoms with Crippen LogP contribution in [0.5, 0.6) is 17.2 Å². The Morgan fingerprint density at radius 3 is 2.42 bits per heavy atom. The Hall–Kier alpha value is -2.20. The second-order valence-electron chi connectivity index (χ2n) is 4.60. The Kier molecular flexibility index (Phi) is 2.80. The molecule has 0 spiro atoms. The topological polar surface area (TPSA) is 69.9 Å². The van der Waals surface area contributed by atoms with E-state index in [0.29, 0.717) is 18.6 Å². The molecule has 0 saturated carbocycles. The van der Waals surface area contributed by atoms with Gasteiger partial charge in [0.05, 0.1) is 6.61 Å². The van der Waals surface area contributed by atoms with Gasteiger partial charge in [-0.2, -0.15) is 0 Å². The standard InChI is InChI=1S/C15H14O4/c16-12-4-2-1-3-10(12)15-11-8-14(18)13(17)7-9(11)5-6-19-15/h1-4,7-8,15-18H,5-6H2. The molecular weight excluding hydrogens is 244 g/mol. The minimum Gasteiger partial charge on any atom is -0.508 e. The molecule has 1 heterocycles. The Morgan fingerprint density at radius 2 is 1.63 bits per heavy atom. The lowest BCUT2D eigenvalue weighted by atomic mass is 9.92. The number of phenolic OH excluding ortho intramolecular Hbond substituents is 3. The third-order valence-electron chi connectivity index (χ3n) is 3.39. The fourth-order valence-electron chi connectivity index (χ4n) is 2.44. The molecular formula is C15H14O4. The van der Waals surface area contributed by atoms with Crippen molar-refractivity contribution >= 4 is 0 Å². The predicted molar refractivity (Wildman–Crippen MR) is 69.4 cm³/mol. The van der Waals surface area contributed by atoms with Crippen molar-refractivity contribution < 1.29 is 20.1 Å². The average Bonchev–Trinajstić information content (AvgIpc) is 2.40. The SMILES string of the molecule is Oc1cc2c(cc1O)C(c1ccccc1O)OCC2. The van der Waals surface area contributed by atoms with Crippen molar-refractivity contribution in [3.8, 4) is 17.2 Å². The van der Waals surface area contributed by atoms with Crippen LogP contribution in [0.1, 0.15) is 22.8 Å². The van der Waals surface area contributed by atoms with Crippen molar-refractivity contribution in [1.82, 2.24) is 0 Å². The maximum absolute atomic E-state index is 9.92. The second-order valence-corrected chi connectivity index (χ2v) is 4.60. The molecule has 3 N–H and O–H groups in total. The first kappa shape index (κ1) is 11.9. The van der Waals surface area contributed by atoms with E-state index in [9.17, 15) is 15.3 Å². The Balaban J connectivity index is 2.13. The van der Waals surface area contributed by atoms with E-state index in [1.54, 1.807) is 24.3 Å². The van der Waals surface area contributed by atoms with Gasteiger partial charge in [-0.1, -0.05) is 18.2 Å². The number of para-hydroxylation sites is 1. The van der Waals surface area contributed by atoms with E-state index in [2.05, 4.69) is 0 Å². The molecule has 0 aliphatic carbocycles. The van der Waals surface area contributed by atoms with Crippen molar-refractivity contribution in [3.63, 3.8) is 0 Å². The molecule has 0 radical (unpaired) electrons. The summed E-state index contributed by atoms with van der Waals surface area (Å²) in [4.78, 5) is 0. The Labute approximate surface area is 110 Å². The highest BCUT2D eigenvalue weighted by Crippen LogP contribution is 2.40. The number of hydrogen-bond donors (Lipinski definition) is 3. The number of hydrogen-bond acceptors (Lipinski definition) is 4. The highest BCUT2D eigenvalue weighted by Gasteiger charge is 2.26. The number of fused-ring (bicyclic) bond motifs is 1. The zero-order chi connectivity index (χ0) is 13.4. The van der Waals surface area contributed by atoms with Crippen LogP contribution in [-0.2, 0) is 11.2 Å². The van der Waals surface area contributed by atoms with Crippen molar-refractivity contribution in [2.75, 3.05) is 6.61 Å². The largest absolute Gasteiger partial charge is 0.508 e. The van der Waals surface area contributed by atoms with E-state index >= 15 is 0 Å². The number of benzene rings is 2. The molecule has 2 aromatic rings. The van der Waals surface area contributed by atoms with Gasteiger partial charge >= 0.3 is 0 Å². The number of phenols is 3. The highest BCUT2D eigenvalue weighted by atomic mass is 16.5. The van der Waals surface area contributed by atoms with Crippen molar-refractivity contribution in [2.45, 2.75) is 12.5 Å². The summed E-state index contributed by atoms with van der Waals surface area (Å²) in [6, 6.07) is 10.0. The van der Waals surface area contributed by atoms with Crippen LogP contribution in [0, 0.1) is 0 Å². The smallest absolute Gasteiger partial charge is 0.157 e. The zero-order valence-corrected chi connectivity index (χ0v) is 10.2. The van der Waals surface area contributed by atoms with Gasteiger partial charge in [-0.25, -0.2) is 0 Å². The third kappa shape index (κ3) is 2.00. The fourth-order valence-corrected chi connectivity index (χ4v) is 2.44. The van der Waals surface area contributed by atoms with E-state index < -0.39 is 6.10 Å². The van der Waals surface area contributed by atoms with Crippen molar-refractivity contribution in [1.29, 1.82) is 0 Å². The second kappa shape index (κ2) is 4.48. The molecule has 1 unspecified atom stereocenters. The third-order valence-corrected chi connectivity index (χ3v) is 3.39. The molecule has 0 fully saturated rings. The lowest BCUT2D eigenvalue weighted by molar-refractivity contribution is 0.0679. The lowest BCUT2D eigenvalue weighted by Gasteiger charge is -2.27. The molecule has 2 aromatic carbocycles. The predicted octanol–water partition coefficient (Wildman–Crippen LogP) is 2.47. The molecule has 0 amide bonds. The van der Waals surface area contributed by atoms with E-state index in [-0.39, 0.29) is 17.2 Å². The maximum atomic E-state index is 9.92. The first-order chi connectivity index (χ1) is 9.16. The van der Waals surface area contributed by atoms with Gasteiger partial charge in [-0.15, -0.1) is 0 Å². The van der Waals surface area contributed by atoms with Gasteiger partial charge in [0.25, 0.3) is 0 Å². The number of aromatic hydroxyl groups is 3. The summed E-state index contributed by atoms with van der Waals surface area (Å²) >= 11 is 0. The van der Waals surface area contributed by atoms with Crippen LogP contribution in [0.2, 0.25) is 0 Å². The van der Waals surface area contributed by atoms with Crippen LogP contribution in [0.25, 0.3) is 0 Å². The molecule has 4 nitrogen and oxygen atoms in total. The molecule has 1 aliphatic rings. The molecule has 0 saturated heterocycles. The summed E-state index contributed by atoms with van der Waals surface area (Å²) in [5.74, 6) is -0.144. The van der Waals surface area contributed by atoms with E-state index in [1.807, 2.05) is 6.07 Å². The maximum Gasteiger partial charge on any atom is 0.157 e. The van der Waals surface area contributed by atoms with Gasteiger partial charge in [0.1, 0.15) is 11.9 Å². The molecule has 0 aromatic heterocycles. The summed E-state index contributed by atoms with van der Waals surface area (Å²) in [5, 5.41) is 29.1. The number of rotatable bonds is 1. The molecule has 19 heavy (non-hydrogen) atoms. The molecule has 0 bridgehead atoms. The van der Waals surface area contributed by atoms with Gasteiger partial charge in [-0.3, -0.25) is 0 Å². The van der Waals surface area contributed by atoms with Gasteiger partial charge < -0.3 is 20.1 Å². The number of ether oxygens (including phenoxy) is 1. The molecule has 1 atom stereocenters. The van der Waals surface area contributed by atoms with Crippen LogP contribution >= 0.6 is 0 Å². The van der Waals surface area contributed by atoms with Gasteiger partial charge in [-0.05, 0) is 35.7 Å². The zero-order valence-electron chi connectivity index (χ0n) is 10.2. The lowest BCUT2D eigenvalue weighted by Crippen LogP contribution is -2.17. The monoisotopic (exact) mass is 258 g/mol. The normalized spacial score (nSPS) is 18.0. The van der Waals surface area contributed by atoms with Crippen molar-refractivity contribution in [3.05, 3.63) is 53.1 Å². The average molecular weight is 258 g/mol. The van der Waals surface area contributed by atoms with E-state index in [4.69, 9.17) is 4.74 Å². The van der Waals surface area contributed by atoms with Crippen LogP contribution in [-0.4, -0.2) is 21.9 Å². The van der Waals surface area contributed by atoms with Crippen LogP contribution in [0.15, 0.2) is 36.4 Å². The van der Waals surface area contributed by atoms with E-state index in [1.165, 1.54) is 6.07 Å². The van der Waals surface area contributed by atoms with Gasteiger partial charge in [0.2, 0.25) is 0 Å². The molecule has 1 aliphatic heterocycles. The first-order valence-corrected chi connectivity index (χ1v) is 6.11. The minimum atomic E-state index is -0.420.